The van der Waals surface area contributed by atoms with Gasteiger partial charge in [-0.3, -0.25) is 14.4 Å². The molecule has 1 N–H and O–H groups in total. The lowest BCUT2D eigenvalue weighted by Crippen LogP contribution is -2.15. The quantitative estimate of drug-likeness (QED) is 0.646. The molecule has 0 unspecified atom stereocenters. The van der Waals surface area contributed by atoms with E-state index in [4.69, 9.17) is 0 Å². The molecule has 1 atom stereocenters. The van der Waals surface area contributed by atoms with Crippen LogP contribution in [0, 0.1) is 0 Å². The third kappa shape index (κ3) is 2.99. The van der Waals surface area contributed by atoms with Gasteiger partial charge in [-0.25, -0.2) is 0 Å². The van der Waals surface area contributed by atoms with Crippen LogP contribution >= 0.6 is 0 Å². The minimum absolute atomic E-state index is 0.0907. The van der Waals surface area contributed by atoms with E-state index in [2.05, 4.69) is 10.1 Å². The van der Waals surface area contributed by atoms with Crippen molar-refractivity contribution in [3.63, 3.8) is 0 Å². The van der Waals surface area contributed by atoms with Crippen LogP contribution in [0.15, 0.2) is 24.3 Å². The van der Waals surface area contributed by atoms with Crippen LogP contribution in [0.5, 0.6) is 0 Å². The highest BCUT2D eigenvalue weighted by atomic mass is 16.5. The maximum atomic E-state index is 11.8. The highest BCUT2D eigenvalue weighted by molar-refractivity contribution is 6.03. The van der Waals surface area contributed by atoms with E-state index >= 15 is 0 Å². The number of carbonyl (C=O) groups is 3. The molecule has 1 aliphatic heterocycles. The first-order valence-corrected chi connectivity index (χ1v) is 6.10. The van der Waals surface area contributed by atoms with Gasteiger partial charge in [-0.2, -0.15) is 0 Å². The Morgan fingerprint density at radius 2 is 2.05 bits per heavy atom. The van der Waals surface area contributed by atoms with Crippen molar-refractivity contribution >= 4 is 23.3 Å². The Labute approximate surface area is 110 Å². The largest absolute Gasteiger partial charge is 0.469 e. The summed E-state index contributed by atoms with van der Waals surface area (Å²) in [5, 5.41) is 2.78. The number of rotatable bonds is 5. The molecule has 1 aliphatic rings. The van der Waals surface area contributed by atoms with E-state index in [1.807, 2.05) is 24.3 Å². The minimum Gasteiger partial charge on any atom is -0.469 e. The standard InChI is InChI=1S/C14H15NO4/c1-19-13(17)8-9(16)6-7-11-10-4-2-3-5-12(10)15-14(11)18/h2-5,11H,6-8H2,1H3,(H,15,18)/t11-/m0/s1. The van der Waals surface area contributed by atoms with E-state index in [9.17, 15) is 14.4 Å². The van der Waals surface area contributed by atoms with Crippen LogP contribution < -0.4 is 5.32 Å². The SMILES string of the molecule is COC(=O)CC(=O)CC[C@@H]1C(=O)Nc2ccccc21. The van der Waals surface area contributed by atoms with Gasteiger partial charge in [0.05, 0.1) is 13.0 Å². The van der Waals surface area contributed by atoms with Crippen LogP contribution in [0.3, 0.4) is 0 Å². The van der Waals surface area contributed by atoms with Crippen LogP contribution in [-0.2, 0) is 19.1 Å². The fourth-order valence-electron chi connectivity index (χ4n) is 2.19. The summed E-state index contributed by atoms with van der Waals surface area (Å²) in [6.45, 7) is 0. The molecule has 0 fully saturated rings. The summed E-state index contributed by atoms with van der Waals surface area (Å²) in [4.78, 5) is 34.3. The van der Waals surface area contributed by atoms with E-state index in [1.54, 1.807) is 0 Å². The van der Waals surface area contributed by atoms with E-state index in [1.165, 1.54) is 7.11 Å². The second-order valence-electron chi connectivity index (χ2n) is 4.46. The highest BCUT2D eigenvalue weighted by Gasteiger charge is 2.30. The first kappa shape index (κ1) is 13.3. The molecular formula is C14H15NO4. The van der Waals surface area contributed by atoms with Gasteiger partial charge in [0.15, 0.2) is 0 Å². The summed E-state index contributed by atoms with van der Waals surface area (Å²) in [6, 6.07) is 7.43. The predicted octanol–water partition coefficient (Wildman–Crippen LogP) is 1.63. The molecule has 0 bridgehead atoms. The second-order valence-corrected chi connectivity index (χ2v) is 4.46. The van der Waals surface area contributed by atoms with Crippen LogP contribution in [0.2, 0.25) is 0 Å². The number of methoxy groups -OCH3 is 1. The molecule has 0 saturated carbocycles. The molecule has 100 valence electrons. The van der Waals surface area contributed by atoms with Crippen molar-refractivity contribution in [1.82, 2.24) is 0 Å². The number of Topliss-reactive ketones (excluding diaryl/α,β-unsaturated/α-hetero) is 1. The van der Waals surface area contributed by atoms with Crippen molar-refractivity contribution in [2.75, 3.05) is 12.4 Å². The van der Waals surface area contributed by atoms with Crippen LogP contribution in [-0.4, -0.2) is 24.8 Å². The lowest BCUT2D eigenvalue weighted by molar-refractivity contribution is -0.143. The molecule has 19 heavy (non-hydrogen) atoms. The number of fused-ring (bicyclic) bond motifs is 1. The monoisotopic (exact) mass is 261 g/mol. The van der Waals surface area contributed by atoms with Crippen molar-refractivity contribution in [2.24, 2.45) is 0 Å². The average molecular weight is 261 g/mol. The molecule has 1 aromatic rings. The van der Waals surface area contributed by atoms with Gasteiger partial charge in [0.25, 0.3) is 0 Å². The summed E-state index contributed by atoms with van der Waals surface area (Å²) in [5.41, 5.74) is 1.72. The van der Waals surface area contributed by atoms with Gasteiger partial charge in [0.2, 0.25) is 5.91 Å². The molecule has 1 heterocycles. The van der Waals surface area contributed by atoms with E-state index in [0.717, 1.165) is 11.3 Å². The number of esters is 1. The van der Waals surface area contributed by atoms with Crippen LogP contribution in [0.25, 0.3) is 0 Å². The number of amides is 1. The fourth-order valence-corrected chi connectivity index (χ4v) is 2.19. The Kier molecular flexibility index (Phi) is 3.94. The lowest BCUT2D eigenvalue weighted by atomic mass is 9.94. The molecule has 0 spiro atoms. The summed E-state index contributed by atoms with van der Waals surface area (Å²) in [5.74, 6) is -1.14. The molecular weight excluding hydrogens is 246 g/mol. The molecule has 0 saturated heterocycles. The molecule has 5 nitrogen and oxygen atoms in total. The van der Waals surface area contributed by atoms with E-state index < -0.39 is 5.97 Å². The van der Waals surface area contributed by atoms with Gasteiger partial charge in [-0.05, 0) is 18.1 Å². The summed E-state index contributed by atoms with van der Waals surface area (Å²) in [6.07, 6.45) is 0.382. The van der Waals surface area contributed by atoms with Gasteiger partial charge < -0.3 is 10.1 Å². The number of anilines is 1. The van der Waals surface area contributed by atoms with Crippen molar-refractivity contribution in [1.29, 1.82) is 0 Å². The van der Waals surface area contributed by atoms with Gasteiger partial charge in [0, 0.05) is 12.1 Å². The molecule has 1 aromatic carbocycles. The summed E-state index contributed by atoms with van der Waals surface area (Å²) < 4.78 is 4.43. The number of carbonyl (C=O) groups excluding carboxylic acids is 3. The van der Waals surface area contributed by atoms with Crippen molar-refractivity contribution in [3.05, 3.63) is 29.8 Å². The Morgan fingerprint density at radius 3 is 2.79 bits per heavy atom. The van der Waals surface area contributed by atoms with Crippen molar-refractivity contribution in [3.8, 4) is 0 Å². The maximum absolute atomic E-state index is 11.8. The van der Waals surface area contributed by atoms with Gasteiger partial charge in [0.1, 0.15) is 12.2 Å². The number of nitrogens with one attached hydrogen (secondary N) is 1. The van der Waals surface area contributed by atoms with E-state index in [0.29, 0.717) is 6.42 Å². The summed E-state index contributed by atoms with van der Waals surface area (Å²) in [7, 11) is 1.25. The van der Waals surface area contributed by atoms with Crippen molar-refractivity contribution in [2.45, 2.75) is 25.2 Å². The molecule has 0 radical (unpaired) electrons. The maximum Gasteiger partial charge on any atom is 0.313 e. The Morgan fingerprint density at radius 1 is 1.32 bits per heavy atom. The summed E-state index contributed by atoms with van der Waals surface area (Å²) >= 11 is 0. The molecule has 0 aliphatic carbocycles. The minimum atomic E-state index is -0.540. The third-order valence-electron chi connectivity index (χ3n) is 3.19. The number of para-hydroxylation sites is 1. The Hall–Kier alpha value is -2.17. The van der Waals surface area contributed by atoms with E-state index in [-0.39, 0.29) is 30.4 Å². The van der Waals surface area contributed by atoms with Crippen LogP contribution in [0.4, 0.5) is 5.69 Å². The second kappa shape index (κ2) is 5.65. The predicted molar refractivity (Wildman–Crippen MR) is 68.7 cm³/mol. The normalized spacial score (nSPS) is 16.7. The number of hydrogen-bond acceptors (Lipinski definition) is 4. The number of benzene rings is 1. The zero-order valence-electron chi connectivity index (χ0n) is 10.6. The topological polar surface area (TPSA) is 72.5 Å². The van der Waals surface area contributed by atoms with Gasteiger partial charge >= 0.3 is 5.97 Å². The van der Waals surface area contributed by atoms with Crippen molar-refractivity contribution < 1.29 is 19.1 Å². The first-order chi connectivity index (χ1) is 9.11. The number of hydrogen-bond donors (Lipinski definition) is 1. The van der Waals surface area contributed by atoms with Crippen LogP contribution in [0.1, 0.15) is 30.7 Å². The molecule has 2 rings (SSSR count). The Balaban J connectivity index is 1.95. The molecule has 0 aromatic heterocycles. The number of ketones is 1. The lowest BCUT2D eigenvalue weighted by Gasteiger charge is -2.07. The zero-order chi connectivity index (χ0) is 13.8. The van der Waals surface area contributed by atoms with Gasteiger partial charge in [-0.15, -0.1) is 0 Å². The van der Waals surface area contributed by atoms with Gasteiger partial charge in [-0.1, -0.05) is 18.2 Å². The zero-order valence-corrected chi connectivity index (χ0v) is 10.6. The molecule has 1 amide bonds. The highest BCUT2D eigenvalue weighted by Crippen LogP contribution is 2.35. The number of ether oxygens (including phenoxy) is 1. The Bertz CT molecular complexity index is 524. The molecule has 5 heteroatoms. The smallest absolute Gasteiger partial charge is 0.313 e. The average Bonchev–Trinajstić information content (AvgIpc) is 2.71. The first-order valence-electron chi connectivity index (χ1n) is 6.10. The third-order valence-corrected chi connectivity index (χ3v) is 3.19. The fraction of sp³-hybridized carbons (Fsp3) is 0.357.